The number of fused-ring (bicyclic) bond motifs is 1. The smallest absolute Gasteiger partial charge is 0.278 e. The zero-order valence-corrected chi connectivity index (χ0v) is 14.5. The van der Waals surface area contributed by atoms with Gasteiger partial charge in [0, 0.05) is 30.9 Å². The molecule has 1 aliphatic heterocycles. The zero-order chi connectivity index (χ0) is 17.9. The van der Waals surface area contributed by atoms with Gasteiger partial charge in [-0.3, -0.25) is 4.79 Å². The van der Waals surface area contributed by atoms with E-state index < -0.39 is 0 Å². The van der Waals surface area contributed by atoms with Gasteiger partial charge in [-0.2, -0.15) is 0 Å². The van der Waals surface area contributed by atoms with Crippen molar-refractivity contribution in [3.8, 4) is 11.8 Å². The zero-order valence-electron chi connectivity index (χ0n) is 14.5. The van der Waals surface area contributed by atoms with Crippen LogP contribution in [-0.2, 0) is 0 Å². The van der Waals surface area contributed by atoms with Gasteiger partial charge in [0.05, 0.1) is 13.7 Å². The number of carbonyl (C=O) groups is 1. The number of hydrogen-bond donors (Lipinski definition) is 0. The number of amides is 1. The molecule has 1 atom stereocenters. The van der Waals surface area contributed by atoms with Gasteiger partial charge in [-0.1, -0.05) is 36.4 Å². The number of carbonyl (C=O) groups excluding carboxylic acids is 1. The molecule has 0 N–H and O–H groups in total. The minimum Gasteiger partial charge on any atom is -0.477 e. The third-order valence-electron chi connectivity index (χ3n) is 4.56. The Kier molecular flexibility index (Phi) is 4.39. The summed E-state index contributed by atoms with van der Waals surface area (Å²) in [6.07, 6.45) is 3.73. The van der Waals surface area contributed by atoms with Crippen LogP contribution in [0.15, 0.2) is 54.9 Å². The van der Waals surface area contributed by atoms with Gasteiger partial charge in [-0.05, 0) is 16.8 Å². The lowest BCUT2D eigenvalue weighted by atomic mass is 10.0. The Balaban J connectivity index is 1.50. The summed E-state index contributed by atoms with van der Waals surface area (Å²) in [6, 6.07) is 13.7. The fourth-order valence-corrected chi connectivity index (χ4v) is 3.28. The van der Waals surface area contributed by atoms with Crippen LogP contribution in [0.4, 0.5) is 0 Å². The number of aromatic nitrogens is 2. The minimum atomic E-state index is -0.125. The molecule has 1 fully saturated rings. The first-order valence-corrected chi connectivity index (χ1v) is 8.55. The molecular formula is C20H19N3O3. The fourth-order valence-electron chi connectivity index (χ4n) is 3.28. The molecule has 0 spiro atoms. The predicted octanol–water partition coefficient (Wildman–Crippen LogP) is 2.93. The summed E-state index contributed by atoms with van der Waals surface area (Å²) in [6.45, 7) is 1.16. The minimum absolute atomic E-state index is 0.0269. The Morgan fingerprint density at radius 2 is 1.85 bits per heavy atom. The normalized spacial score (nSPS) is 16.7. The topological polar surface area (TPSA) is 64.6 Å². The fraction of sp³-hybridized carbons (Fsp3) is 0.250. The highest BCUT2D eigenvalue weighted by Gasteiger charge is 2.30. The Bertz CT molecular complexity index is 939. The van der Waals surface area contributed by atoms with Crippen LogP contribution in [0.1, 0.15) is 16.8 Å². The Morgan fingerprint density at radius 3 is 2.69 bits per heavy atom. The monoisotopic (exact) mass is 349 g/mol. The third kappa shape index (κ3) is 3.06. The first-order valence-electron chi connectivity index (χ1n) is 8.55. The van der Waals surface area contributed by atoms with Gasteiger partial charge in [0.25, 0.3) is 17.7 Å². The molecule has 1 aromatic heterocycles. The second-order valence-corrected chi connectivity index (χ2v) is 6.18. The van der Waals surface area contributed by atoms with Gasteiger partial charge in [0.1, 0.15) is 6.10 Å². The molecule has 0 bridgehead atoms. The second-order valence-electron chi connectivity index (χ2n) is 6.18. The van der Waals surface area contributed by atoms with E-state index in [9.17, 15) is 4.79 Å². The molecule has 4 rings (SSSR count). The van der Waals surface area contributed by atoms with Gasteiger partial charge >= 0.3 is 0 Å². The maximum atomic E-state index is 13.0. The summed E-state index contributed by atoms with van der Waals surface area (Å²) in [7, 11) is 1.53. The van der Waals surface area contributed by atoms with Crippen LogP contribution in [0.25, 0.3) is 10.8 Å². The van der Waals surface area contributed by atoms with Crippen LogP contribution in [-0.4, -0.2) is 47.1 Å². The van der Waals surface area contributed by atoms with Gasteiger partial charge in [-0.15, -0.1) is 0 Å². The van der Waals surface area contributed by atoms with Crippen LogP contribution >= 0.6 is 0 Å². The largest absolute Gasteiger partial charge is 0.477 e. The van der Waals surface area contributed by atoms with E-state index in [0.29, 0.717) is 24.8 Å². The molecule has 2 heterocycles. The van der Waals surface area contributed by atoms with Gasteiger partial charge in [0.15, 0.2) is 0 Å². The number of rotatable bonds is 4. The molecule has 1 unspecified atom stereocenters. The highest BCUT2D eigenvalue weighted by atomic mass is 16.5. The Hall–Kier alpha value is -3.15. The predicted molar refractivity (Wildman–Crippen MR) is 97.5 cm³/mol. The molecule has 2 aromatic carbocycles. The molecule has 0 radical (unpaired) electrons. The first-order chi connectivity index (χ1) is 12.8. The highest BCUT2D eigenvalue weighted by Crippen LogP contribution is 2.26. The molecule has 0 saturated carbocycles. The number of benzene rings is 2. The maximum Gasteiger partial charge on any atom is 0.278 e. The van der Waals surface area contributed by atoms with Crippen LogP contribution in [0.2, 0.25) is 0 Å². The molecule has 6 nitrogen and oxygen atoms in total. The lowest BCUT2D eigenvalue weighted by Gasteiger charge is -2.18. The molecule has 26 heavy (non-hydrogen) atoms. The van der Waals surface area contributed by atoms with E-state index >= 15 is 0 Å². The quantitative estimate of drug-likeness (QED) is 0.725. The Morgan fingerprint density at radius 1 is 1.08 bits per heavy atom. The number of likely N-dealkylation sites (tertiary alicyclic amines) is 1. The molecule has 1 saturated heterocycles. The molecule has 1 aliphatic rings. The van der Waals surface area contributed by atoms with Crippen LogP contribution < -0.4 is 9.47 Å². The van der Waals surface area contributed by atoms with Crippen LogP contribution in [0, 0.1) is 0 Å². The van der Waals surface area contributed by atoms with Gasteiger partial charge < -0.3 is 14.4 Å². The van der Waals surface area contributed by atoms with E-state index in [1.807, 2.05) is 47.4 Å². The SMILES string of the molecule is COc1nccnc1OC1CCN(C(=O)c2cccc3ccccc23)C1. The van der Waals surface area contributed by atoms with E-state index in [1.165, 1.54) is 7.11 Å². The molecule has 6 heteroatoms. The summed E-state index contributed by atoms with van der Waals surface area (Å²) >= 11 is 0. The Labute approximate surface area is 151 Å². The molecule has 0 aliphatic carbocycles. The summed E-state index contributed by atoms with van der Waals surface area (Å²) in [5, 5.41) is 2.04. The van der Waals surface area contributed by atoms with E-state index in [2.05, 4.69) is 9.97 Å². The van der Waals surface area contributed by atoms with Crippen molar-refractivity contribution in [3.63, 3.8) is 0 Å². The van der Waals surface area contributed by atoms with E-state index in [1.54, 1.807) is 12.4 Å². The summed E-state index contributed by atoms with van der Waals surface area (Å²) < 4.78 is 11.1. The van der Waals surface area contributed by atoms with Crippen molar-refractivity contribution in [3.05, 3.63) is 60.4 Å². The van der Waals surface area contributed by atoms with Gasteiger partial charge in [0.2, 0.25) is 0 Å². The van der Waals surface area contributed by atoms with Gasteiger partial charge in [-0.25, -0.2) is 9.97 Å². The second kappa shape index (κ2) is 7.00. The van der Waals surface area contributed by atoms with Crippen molar-refractivity contribution >= 4 is 16.7 Å². The summed E-state index contributed by atoms with van der Waals surface area (Å²) in [5.74, 6) is 0.741. The van der Waals surface area contributed by atoms with E-state index in [4.69, 9.17) is 9.47 Å². The number of hydrogen-bond acceptors (Lipinski definition) is 5. The summed E-state index contributed by atoms with van der Waals surface area (Å²) in [5.41, 5.74) is 0.723. The lowest BCUT2D eigenvalue weighted by molar-refractivity contribution is 0.0772. The average Bonchev–Trinajstić information content (AvgIpc) is 3.16. The first kappa shape index (κ1) is 16.3. The third-order valence-corrected chi connectivity index (χ3v) is 4.56. The van der Waals surface area contributed by atoms with Crippen molar-refractivity contribution < 1.29 is 14.3 Å². The average molecular weight is 349 g/mol. The summed E-state index contributed by atoms with van der Waals surface area (Å²) in [4.78, 5) is 23.1. The molecule has 3 aromatic rings. The number of methoxy groups -OCH3 is 1. The van der Waals surface area contributed by atoms with Crippen LogP contribution in [0.5, 0.6) is 11.8 Å². The van der Waals surface area contributed by atoms with Crippen molar-refractivity contribution in [1.82, 2.24) is 14.9 Å². The van der Waals surface area contributed by atoms with Crippen LogP contribution in [0.3, 0.4) is 0 Å². The van der Waals surface area contributed by atoms with Crippen molar-refractivity contribution in [2.45, 2.75) is 12.5 Å². The van der Waals surface area contributed by atoms with Crippen molar-refractivity contribution in [2.75, 3.05) is 20.2 Å². The van der Waals surface area contributed by atoms with E-state index in [-0.39, 0.29) is 12.0 Å². The molecular weight excluding hydrogens is 330 g/mol. The highest BCUT2D eigenvalue weighted by molar-refractivity contribution is 6.07. The maximum absolute atomic E-state index is 13.0. The van der Waals surface area contributed by atoms with Crippen molar-refractivity contribution in [2.24, 2.45) is 0 Å². The number of ether oxygens (including phenoxy) is 2. The standard InChI is InChI=1S/C20H19N3O3/c1-25-18-19(22-11-10-21-18)26-15-9-12-23(13-15)20(24)17-8-4-6-14-5-2-3-7-16(14)17/h2-8,10-11,15H,9,12-13H2,1H3. The molecule has 132 valence electrons. The van der Waals surface area contributed by atoms with Crippen molar-refractivity contribution in [1.29, 1.82) is 0 Å². The molecule has 1 amide bonds. The van der Waals surface area contributed by atoms with E-state index in [0.717, 1.165) is 22.8 Å². The lowest BCUT2D eigenvalue weighted by Crippen LogP contribution is -2.31. The number of nitrogens with zero attached hydrogens (tertiary/aromatic N) is 3.